The summed E-state index contributed by atoms with van der Waals surface area (Å²) in [5, 5.41) is 0. The number of methoxy groups -OCH3 is 1. The van der Waals surface area contributed by atoms with Crippen molar-refractivity contribution >= 4 is 11.8 Å². The Morgan fingerprint density at radius 2 is 1.86 bits per heavy atom. The molecule has 2 atom stereocenters. The fourth-order valence-corrected chi connectivity index (χ4v) is 4.98. The second kappa shape index (κ2) is 7.74. The summed E-state index contributed by atoms with van der Waals surface area (Å²) in [6, 6.07) is 4.29. The van der Waals surface area contributed by atoms with Gasteiger partial charge in [-0.15, -0.1) is 0 Å². The zero-order valence-electron chi connectivity index (χ0n) is 17.2. The van der Waals surface area contributed by atoms with Crippen LogP contribution in [0.1, 0.15) is 40.7 Å². The van der Waals surface area contributed by atoms with Crippen molar-refractivity contribution in [3.8, 4) is 5.75 Å². The molecule has 2 bridgehead atoms. The lowest BCUT2D eigenvalue weighted by Gasteiger charge is -2.36. The maximum Gasteiger partial charge on any atom is 0.257 e. The normalized spacial score (nSPS) is 24.0. The monoisotopic (exact) mass is 385 g/mol. The van der Waals surface area contributed by atoms with Crippen LogP contribution in [0.25, 0.3) is 0 Å². The molecule has 28 heavy (non-hydrogen) atoms. The number of ether oxygens (including phenoxy) is 1. The third-order valence-electron chi connectivity index (χ3n) is 6.55. The first-order valence-electron chi connectivity index (χ1n) is 10.4. The third kappa shape index (κ3) is 3.62. The number of amides is 2. The number of fused-ring (bicyclic) bond motifs is 5. The summed E-state index contributed by atoms with van der Waals surface area (Å²) in [6.07, 6.45) is 5.41. The standard InChI is InChI=1S/C22H31N3O3/c1-23(2)21(26)14-24-11-15-7-8-18(13-24)25(12-15)22(27)19-9-16-5-4-6-17(16)10-20(19)28-3/h9-10,15,18H,4-8,11-14H2,1-3H3/t15-,18+/m0/s1. The Hall–Kier alpha value is -2.08. The molecule has 3 heterocycles. The van der Waals surface area contributed by atoms with Crippen molar-refractivity contribution in [1.29, 1.82) is 0 Å². The first-order valence-corrected chi connectivity index (χ1v) is 10.4. The summed E-state index contributed by atoms with van der Waals surface area (Å²) < 4.78 is 5.59. The highest BCUT2D eigenvalue weighted by Gasteiger charge is 2.38. The zero-order valence-corrected chi connectivity index (χ0v) is 17.2. The van der Waals surface area contributed by atoms with Gasteiger partial charge in [0.2, 0.25) is 5.91 Å². The molecule has 3 fully saturated rings. The number of carbonyl (C=O) groups excluding carboxylic acids is 2. The topological polar surface area (TPSA) is 53.1 Å². The number of rotatable bonds is 4. The van der Waals surface area contributed by atoms with E-state index in [1.807, 2.05) is 4.90 Å². The molecule has 5 rings (SSSR count). The van der Waals surface area contributed by atoms with Crippen molar-refractivity contribution in [3.63, 3.8) is 0 Å². The van der Waals surface area contributed by atoms with Gasteiger partial charge >= 0.3 is 0 Å². The molecule has 4 aliphatic rings. The molecular weight excluding hydrogens is 354 g/mol. The van der Waals surface area contributed by atoms with Crippen molar-refractivity contribution in [1.82, 2.24) is 14.7 Å². The molecule has 0 aromatic heterocycles. The number of aryl methyl sites for hydroxylation is 2. The summed E-state index contributed by atoms with van der Waals surface area (Å²) in [5.41, 5.74) is 3.31. The lowest BCUT2D eigenvalue weighted by molar-refractivity contribution is -0.129. The van der Waals surface area contributed by atoms with Gasteiger partial charge < -0.3 is 14.5 Å². The van der Waals surface area contributed by atoms with E-state index in [-0.39, 0.29) is 17.9 Å². The molecule has 1 aromatic carbocycles. The Morgan fingerprint density at radius 3 is 2.57 bits per heavy atom. The summed E-state index contributed by atoms with van der Waals surface area (Å²) in [6.45, 7) is 2.87. The number of likely N-dealkylation sites (N-methyl/N-ethyl adjacent to an activating group) is 1. The maximum absolute atomic E-state index is 13.5. The van der Waals surface area contributed by atoms with Crippen molar-refractivity contribution in [3.05, 3.63) is 28.8 Å². The Bertz CT molecular complexity index is 777. The molecule has 1 aromatic rings. The predicted octanol–water partition coefficient (Wildman–Crippen LogP) is 1.81. The van der Waals surface area contributed by atoms with Gasteiger partial charge in [0, 0.05) is 39.8 Å². The molecule has 0 radical (unpaired) electrons. The van der Waals surface area contributed by atoms with Crippen LogP contribution in [0.2, 0.25) is 0 Å². The average Bonchev–Trinajstić information content (AvgIpc) is 2.97. The van der Waals surface area contributed by atoms with Crippen LogP contribution in [0, 0.1) is 5.92 Å². The first-order chi connectivity index (χ1) is 13.5. The van der Waals surface area contributed by atoms with E-state index in [2.05, 4.69) is 17.0 Å². The molecule has 1 aliphatic carbocycles. The van der Waals surface area contributed by atoms with E-state index < -0.39 is 0 Å². The van der Waals surface area contributed by atoms with Crippen LogP contribution in [0.5, 0.6) is 5.75 Å². The molecule has 2 amide bonds. The first kappa shape index (κ1) is 19.2. The van der Waals surface area contributed by atoms with Crippen LogP contribution in [-0.4, -0.2) is 79.9 Å². The SMILES string of the molecule is COc1cc2c(cc1C(=O)N1C[C@H]3CC[C@@H]1CN(CC(=O)N(C)C)C3)CCC2. The summed E-state index contributed by atoms with van der Waals surface area (Å²) in [7, 11) is 5.24. The van der Waals surface area contributed by atoms with Crippen molar-refractivity contribution in [2.45, 2.75) is 38.1 Å². The smallest absolute Gasteiger partial charge is 0.257 e. The summed E-state index contributed by atoms with van der Waals surface area (Å²) in [5.74, 6) is 1.34. The van der Waals surface area contributed by atoms with Crippen LogP contribution >= 0.6 is 0 Å². The highest BCUT2D eigenvalue weighted by molar-refractivity contribution is 5.97. The zero-order chi connectivity index (χ0) is 19.8. The molecule has 0 spiro atoms. The Morgan fingerprint density at radius 1 is 1.11 bits per heavy atom. The number of piperidine rings is 1. The van der Waals surface area contributed by atoms with Gasteiger partial charge in [-0.1, -0.05) is 0 Å². The van der Waals surface area contributed by atoms with Gasteiger partial charge in [-0.2, -0.15) is 0 Å². The Labute approximate surface area is 167 Å². The number of hydrogen-bond donors (Lipinski definition) is 0. The molecule has 0 unspecified atom stereocenters. The van der Waals surface area contributed by atoms with Crippen LogP contribution in [0.3, 0.4) is 0 Å². The molecule has 0 N–H and O–H groups in total. The Kier molecular flexibility index (Phi) is 5.32. The van der Waals surface area contributed by atoms with E-state index in [0.717, 1.165) is 51.7 Å². The predicted molar refractivity (Wildman–Crippen MR) is 108 cm³/mol. The number of hydrogen-bond acceptors (Lipinski definition) is 4. The largest absolute Gasteiger partial charge is 0.496 e. The van der Waals surface area contributed by atoms with Gasteiger partial charge in [-0.05, 0) is 61.3 Å². The van der Waals surface area contributed by atoms with E-state index in [0.29, 0.717) is 23.8 Å². The van der Waals surface area contributed by atoms with Gasteiger partial charge in [-0.3, -0.25) is 14.5 Å². The number of nitrogens with zero attached hydrogens (tertiary/aromatic N) is 3. The number of carbonyl (C=O) groups is 2. The minimum atomic E-state index is 0.0852. The highest BCUT2D eigenvalue weighted by Crippen LogP contribution is 2.34. The second-order valence-electron chi connectivity index (χ2n) is 8.71. The van der Waals surface area contributed by atoms with E-state index in [1.165, 1.54) is 11.1 Å². The van der Waals surface area contributed by atoms with Crippen molar-refractivity contribution in [2.24, 2.45) is 5.92 Å². The maximum atomic E-state index is 13.5. The average molecular weight is 386 g/mol. The van der Waals surface area contributed by atoms with E-state index in [1.54, 1.807) is 26.1 Å². The fraction of sp³-hybridized carbons (Fsp3) is 0.636. The van der Waals surface area contributed by atoms with E-state index >= 15 is 0 Å². The highest BCUT2D eigenvalue weighted by atomic mass is 16.5. The van der Waals surface area contributed by atoms with Gasteiger partial charge in [-0.25, -0.2) is 0 Å². The summed E-state index contributed by atoms with van der Waals surface area (Å²) >= 11 is 0. The van der Waals surface area contributed by atoms with Gasteiger partial charge in [0.15, 0.2) is 0 Å². The molecule has 6 nitrogen and oxygen atoms in total. The van der Waals surface area contributed by atoms with Crippen LogP contribution < -0.4 is 4.74 Å². The minimum Gasteiger partial charge on any atom is -0.496 e. The van der Waals surface area contributed by atoms with E-state index in [4.69, 9.17) is 4.74 Å². The summed E-state index contributed by atoms with van der Waals surface area (Å²) in [4.78, 5) is 31.6. The Balaban J connectivity index is 1.55. The minimum absolute atomic E-state index is 0.0852. The molecule has 3 saturated heterocycles. The fourth-order valence-electron chi connectivity index (χ4n) is 4.98. The lowest BCUT2D eigenvalue weighted by Crippen LogP contribution is -2.48. The quantitative estimate of drug-likeness (QED) is 0.793. The molecule has 6 heteroatoms. The number of benzene rings is 1. The van der Waals surface area contributed by atoms with Crippen LogP contribution in [-0.2, 0) is 17.6 Å². The molecule has 3 aliphatic heterocycles. The van der Waals surface area contributed by atoms with Gasteiger partial charge in [0.1, 0.15) is 5.75 Å². The van der Waals surface area contributed by atoms with Crippen molar-refractivity contribution < 1.29 is 14.3 Å². The van der Waals surface area contributed by atoms with E-state index in [9.17, 15) is 9.59 Å². The molecular formula is C22H31N3O3. The van der Waals surface area contributed by atoms with Crippen molar-refractivity contribution in [2.75, 3.05) is 47.4 Å². The molecule has 0 saturated carbocycles. The molecule has 152 valence electrons. The van der Waals surface area contributed by atoms with Gasteiger partial charge in [0.25, 0.3) is 5.91 Å². The lowest BCUT2D eigenvalue weighted by atomic mass is 9.93. The second-order valence-corrected chi connectivity index (χ2v) is 8.71. The third-order valence-corrected chi connectivity index (χ3v) is 6.55. The van der Waals surface area contributed by atoms with Gasteiger partial charge in [0.05, 0.1) is 19.2 Å². The van der Waals surface area contributed by atoms with Crippen LogP contribution in [0.15, 0.2) is 12.1 Å². The van der Waals surface area contributed by atoms with Crippen LogP contribution in [0.4, 0.5) is 0 Å².